The highest BCUT2D eigenvalue weighted by Gasteiger charge is 2.60. The fourth-order valence-electron chi connectivity index (χ4n) is 3.09. The van der Waals surface area contributed by atoms with Gasteiger partial charge in [-0.2, -0.15) is 26.3 Å². The number of ether oxygens (including phenoxy) is 2. The number of aromatic nitrogens is 1. The van der Waals surface area contributed by atoms with Crippen LogP contribution < -0.4 is 4.74 Å². The molecule has 0 N–H and O–H groups in total. The van der Waals surface area contributed by atoms with Crippen LogP contribution in [0.1, 0.15) is 12.8 Å². The summed E-state index contributed by atoms with van der Waals surface area (Å²) in [4.78, 5) is 14.1. The smallest absolute Gasteiger partial charge is 0.434 e. The maximum Gasteiger partial charge on any atom is 0.434 e. The van der Waals surface area contributed by atoms with Gasteiger partial charge in [-0.1, -0.05) is 0 Å². The zero-order valence-electron chi connectivity index (χ0n) is 15.1. The van der Waals surface area contributed by atoms with E-state index in [1.807, 2.05) is 0 Å². The minimum absolute atomic E-state index is 0.413. The van der Waals surface area contributed by atoms with Gasteiger partial charge >= 0.3 is 18.4 Å². The second-order valence-corrected chi connectivity index (χ2v) is 6.70. The molecule has 11 heteroatoms. The van der Waals surface area contributed by atoms with E-state index in [9.17, 15) is 31.1 Å². The van der Waals surface area contributed by atoms with Gasteiger partial charge < -0.3 is 9.47 Å². The summed E-state index contributed by atoms with van der Waals surface area (Å²) < 4.78 is 85.2. The number of carbonyl (C=O) groups is 1. The van der Waals surface area contributed by atoms with Gasteiger partial charge in [-0.15, -0.1) is 0 Å². The lowest BCUT2D eigenvalue weighted by Gasteiger charge is -2.22. The highest BCUT2D eigenvalue weighted by atomic mass is 19.4. The lowest BCUT2D eigenvalue weighted by Crippen LogP contribution is -2.46. The average Bonchev–Trinajstić information content (AvgIpc) is 3.26. The molecule has 1 saturated heterocycles. The minimum atomic E-state index is -5.77. The zero-order valence-corrected chi connectivity index (χ0v) is 15.1. The first kappa shape index (κ1) is 21.3. The third-order valence-electron chi connectivity index (χ3n) is 4.51. The molecule has 0 unspecified atom stereocenters. The summed E-state index contributed by atoms with van der Waals surface area (Å²) in [7, 11) is 0. The molecule has 0 atom stereocenters. The third kappa shape index (κ3) is 5.34. The highest BCUT2D eigenvalue weighted by Crippen LogP contribution is 2.36. The van der Waals surface area contributed by atoms with Crippen LogP contribution in [0.2, 0.25) is 0 Å². The minimum Gasteiger partial charge on any atom is -0.492 e. The molecule has 29 heavy (non-hydrogen) atoms. The average molecular weight is 424 g/mol. The molecule has 1 aliphatic rings. The lowest BCUT2D eigenvalue weighted by atomic mass is 10.2. The van der Waals surface area contributed by atoms with Crippen molar-refractivity contribution in [2.24, 2.45) is 0 Å². The first-order valence-corrected chi connectivity index (χ1v) is 8.85. The summed E-state index contributed by atoms with van der Waals surface area (Å²) in [5.41, 5.74) is 0. The first-order valence-electron chi connectivity index (χ1n) is 8.85. The molecular formula is C18H18F6N2O3. The number of alkyl halides is 6. The topological polar surface area (TPSA) is 43.7 Å². The molecule has 0 spiro atoms. The molecule has 0 saturated carbocycles. The van der Waals surface area contributed by atoms with E-state index in [-0.39, 0.29) is 0 Å². The summed E-state index contributed by atoms with van der Waals surface area (Å²) in [5, 5.41) is 0.848. The van der Waals surface area contributed by atoms with Gasteiger partial charge in [0.15, 0.2) is 0 Å². The van der Waals surface area contributed by atoms with Crippen molar-refractivity contribution in [3.63, 3.8) is 0 Å². The second-order valence-electron chi connectivity index (χ2n) is 6.70. The van der Waals surface area contributed by atoms with Crippen LogP contribution in [0.25, 0.3) is 10.8 Å². The molecule has 1 aromatic heterocycles. The van der Waals surface area contributed by atoms with E-state index in [2.05, 4.69) is 9.64 Å². The van der Waals surface area contributed by atoms with Gasteiger partial charge in [-0.25, -0.2) is 4.79 Å². The second kappa shape index (κ2) is 8.13. The maximum absolute atomic E-state index is 12.6. The van der Waals surface area contributed by atoms with Crippen LogP contribution in [0, 0.1) is 0 Å². The molecule has 0 radical (unpaired) electrons. The zero-order chi connectivity index (χ0) is 21.2. The van der Waals surface area contributed by atoms with Crippen LogP contribution in [0.4, 0.5) is 31.1 Å². The fourth-order valence-corrected chi connectivity index (χ4v) is 3.09. The number of carbonyl (C=O) groups excluding carboxylic acids is 1. The van der Waals surface area contributed by atoms with Gasteiger partial charge in [0, 0.05) is 29.7 Å². The fraction of sp³-hybridized carbons (Fsp3) is 0.500. The van der Waals surface area contributed by atoms with E-state index >= 15 is 0 Å². The van der Waals surface area contributed by atoms with Gasteiger partial charge in [0.2, 0.25) is 0 Å². The Kier molecular flexibility index (Phi) is 5.97. The van der Waals surface area contributed by atoms with E-state index < -0.39 is 24.5 Å². The van der Waals surface area contributed by atoms with Crippen molar-refractivity contribution in [1.82, 2.24) is 9.47 Å². The largest absolute Gasteiger partial charge is 0.492 e. The van der Waals surface area contributed by atoms with Crippen LogP contribution >= 0.6 is 0 Å². The normalized spacial score (nSPS) is 16.0. The Morgan fingerprint density at radius 1 is 1.00 bits per heavy atom. The SMILES string of the molecule is O=C(OC(C(F)(F)F)C(F)(F)F)n1cc2ccc(OCCN3CCCC3)cc2c1. The summed E-state index contributed by atoms with van der Waals surface area (Å²) >= 11 is 0. The third-order valence-corrected chi connectivity index (χ3v) is 4.51. The van der Waals surface area contributed by atoms with E-state index in [1.54, 1.807) is 18.2 Å². The summed E-state index contributed by atoms with van der Waals surface area (Å²) in [6.45, 7) is 3.23. The van der Waals surface area contributed by atoms with Gasteiger partial charge in [-0.05, 0) is 44.1 Å². The lowest BCUT2D eigenvalue weighted by molar-refractivity contribution is -0.306. The summed E-state index contributed by atoms with van der Waals surface area (Å²) in [6, 6.07) is 4.71. The molecule has 3 rings (SSSR count). The molecule has 0 amide bonds. The van der Waals surface area contributed by atoms with E-state index in [4.69, 9.17) is 4.74 Å². The van der Waals surface area contributed by atoms with Crippen LogP contribution in [-0.2, 0) is 4.74 Å². The number of rotatable bonds is 5. The molecule has 1 aliphatic heterocycles. The molecular weight excluding hydrogens is 406 g/mol. The molecule has 2 aromatic rings. The van der Waals surface area contributed by atoms with Gasteiger partial charge in [-0.3, -0.25) is 9.47 Å². The molecule has 0 aliphatic carbocycles. The van der Waals surface area contributed by atoms with Gasteiger partial charge in [0.25, 0.3) is 6.10 Å². The number of fused-ring (bicyclic) bond motifs is 1. The quantitative estimate of drug-likeness (QED) is 0.659. The van der Waals surface area contributed by atoms with Crippen LogP contribution in [0.5, 0.6) is 5.75 Å². The van der Waals surface area contributed by atoms with Crippen LogP contribution in [0.3, 0.4) is 0 Å². The Hall–Kier alpha value is -2.43. The molecule has 2 heterocycles. The predicted octanol–water partition coefficient (Wildman–Crippen LogP) is 4.59. The van der Waals surface area contributed by atoms with Crippen molar-refractivity contribution in [3.8, 4) is 5.75 Å². The first-order chi connectivity index (χ1) is 13.5. The van der Waals surface area contributed by atoms with Crippen molar-refractivity contribution in [3.05, 3.63) is 30.6 Å². The summed E-state index contributed by atoms with van der Waals surface area (Å²) in [5.74, 6) is 0.478. The Labute approximate surface area is 161 Å². The van der Waals surface area contributed by atoms with Crippen molar-refractivity contribution >= 4 is 16.9 Å². The highest BCUT2D eigenvalue weighted by molar-refractivity contribution is 5.88. The van der Waals surface area contributed by atoms with Crippen LogP contribution in [-0.4, -0.2) is 60.3 Å². The molecule has 0 bridgehead atoms. The maximum atomic E-state index is 12.6. The van der Waals surface area contributed by atoms with Gasteiger partial charge in [0.05, 0.1) is 0 Å². The Morgan fingerprint density at radius 2 is 1.62 bits per heavy atom. The van der Waals surface area contributed by atoms with Crippen molar-refractivity contribution < 1.29 is 40.6 Å². The number of halogens is 6. The molecule has 1 fully saturated rings. The van der Waals surface area contributed by atoms with E-state index in [0.29, 0.717) is 27.7 Å². The number of hydrogen-bond donors (Lipinski definition) is 0. The summed E-state index contributed by atoms with van der Waals surface area (Å²) in [6.07, 6.45) is -13.0. The molecule has 1 aromatic carbocycles. The van der Waals surface area contributed by atoms with E-state index in [1.165, 1.54) is 0 Å². The number of likely N-dealkylation sites (tertiary alicyclic amines) is 1. The molecule has 5 nitrogen and oxygen atoms in total. The van der Waals surface area contributed by atoms with Crippen molar-refractivity contribution in [2.75, 3.05) is 26.2 Å². The number of nitrogens with zero attached hydrogens (tertiary/aromatic N) is 2. The van der Waals surface area contributed by atoms with Gasteiger partial charge in [0.1, 0.15) is 12.4 Å². The Morgan fingerprint density at radius 3 is 2.24 bits per heavy atom. The Bertz CT molecular complexity index is 841. The Balaban J connectivity index is 1.67. The van der Waals surface area contributed by atoms with Crippen molar-refractivity contribution in [2.45, 2.75) is 31.3 Å². The number of benzene rings is 1. The molecule has 160 valence electrons. The monoisotopic (exact) mass is 424 g/mol. The number of hydrogen-bond acceptors (Lipinski definition) is 4. The van der Waals surface area contributed by atoms with E-state index in [0.717, 1.165) is 44.9 Å². The standard InChI is InChI=1S/C18H18F6N2O3/c19-17(20,21)15(18(22,23)24)29-16(27)26-10-12-3-4-14(9-13(12)11-26)28-8-7-25-5-1-2-6-25/h3-4,9-11,15H,1-2,5-8H2. The predicted molar refractivity (Wildman–Crippen MR) is 90.9 cm³/mol. The van der Waals surface area contributed by atoms with Crippen LogP contribution in [0.15, 0.2) is 30.6 Å². The van der Waals surface area contributed by atoms with Crippen molar-refractivity contribution in [1.29, 1.82) is 0 Å².